The first-order chi connectivity index (χ1) is 7.65. The molecule has 84 valence electrons. The molecule has 0 unspecified atom stereocenters. The number of carbonyl (C=O) groups is 1. The molecule has 5 nitrogen and oxygen atoms in total. The Balaban J connectivity index is 2.64. The molecule has 0 aliphatic rings. The smallest absolute Gasteiger partial charge is 0.359 e. The van der Waals surface area contributed by atoms with Crippen molar-refractivity contribution in [3.63, 3.8) is 0 Å². The van der Waals surface area contributed by atoms with Gasteiger partial charge in [0.25, 0.3) is 0 Å². The minimum absolute atomic E-state index is 0.220. The van der Waals surface area contributed by atoms with Crippen LogP contribution in [0.2, 0.25) is 5.28 Å². The highest BCUT2D eigenvalue weighted by molar-refractivity contribution is 9.10. The average molecular weight is 305 g/mol. The Morgan fingerprint density at radius 3 is 3.06 bits per heavy atom. The third kappa shape index (κ3) is 1.78. The van der Waals surface area contributed by atoms with E-state index < -0.39 is 5.97 Å². The number of fused-ring (bicyclic) bond motifs is 1. The monoisotopic (exact) mass is 303 g/mol. The van der Waals surface area contributed by atoms with Crippen LogP contribution in [0.25, 0.3) is 5.52 Å². The SMILES string of the molecule is CCOC(=O)c1ncn2c(Cl)ncc(Br)c12. The fraction of sp³-hybridized carbons (Fsp3) is 0.222. The van der Waals surface area contributed by atoms with Crippen molar-refractivity contribution in [1.82, 2.24) is 14.4 Å². The summed E-state index contributed by atoms with van der Waals surface area (Å²) in [5.41, 5.74) is 0.775. The summed E-state index contributed by atoms with van der Waals surface area (Å²) in [7, 11) is 0. The predicted octanol–water partition coefficient (Wildman–Crippen LogP) is 2.32. The zero-order valence-electron chi connectivity index (χ0n) is 8.28. The maximum atomic E-state index is 11.6. The van der Waals surface area contributed by atoms with Gasteiger partial charge in [-0.25, -0.2) is 14.8 Å². The van der Waals surface area contributed by atoms with Crippen LogP contribution in [0, 0.1) is 0 Å². The number of halogens is 2. The molecule has 0 spiro atoms. The van der Waals surface area contributed by atoms with E-state index >= 15 is 0 Å². The van der Waals surface area contributed by atoms with Crippen molar-refractivity contribution in [3.8, 4) is 0 Å². The Kier molecular flexibility index (Phi) is 3.11. The molecule has 0 aliphatic carbocycles. The predicted molar refractivity (Wildman–Crippen MR) is 61.7 cm³/mol. The highest BCUT2D eigenvalue weighted by Crippen LogP contribution is 2.23. The van der Waals surface area contributed by atoms with Crippen molar-refractivity contribution in [2.75, 3.05) is 6.61 Å². The molecule has 0 aliphatic heterocycles. The summed E-state index contributed by atoms with van der Waals surface area (Å²) >= 11 is 9.15. The second kappa shape index (κ2) is 4.39. The van der Waals surface area contributed by atoms with Gasteiger partial charge in [-0.3, -0.25) is 4.40 Å². The Morgan fingerprint density at radius 1 is 1.62 bits per heavy atom. The van der Waals surface area contributed by atoms with Gasteiger partial charge in [-0.2, -0.15) is 0 Å². The molecule has 0 amide bonds. The molecule has 0 saturated heterocycles. The van der Waals surface area contributed by atoms with Crippen LogP contribution in [-0.2, 0) is 4.74 Å². The molecule has 0 N–H and O–H groups in total. The summed E-state index contributed by atoms with van der Waals surface area (Å²) in [6.07, 6.45) is 2.95. The van der Waals surface area contributed by atoms with Crippen LogP contribution in [0.3, 0.4) is 0 Å². The molecule has 0 atom stereocenters. The summed E-state index contributed by atoms with van der Waals surface area (Å²) in [4.78, 5) is 19.5. The Hall–Kier alpha value is -1.14. The van der Waals surface area contributed by atoms with Gasteiger partial charge in [0, 0.05) is 6.20 Å². The lowest BCUT2D eigenvalue weighted by Gasteiger charge is -2.01. The van der Waals surface area contributed by atoms with E-state index in [0.29, 0.717) is 16.6 Å². The van der Waals surface area contributed by atoms with Crippen LogP contribution in [0.5, 0.6) is 0 Å². The third-order valence-corrected chi connectivity index (χ3v) is 2.81. The van der Waals surface area contributed by atoms with E-state index in [9.17, 15) is 4.79 Å². The van der Waals surface area contributed by atoms with Gasteiger partial charge in [-0.05, 0) is 34.5 Å². The number of esters is 1. The quantitative estimate of drug-likeness (QED) is 0.631. The van der Waals surface area contributed by atoms with Crippen molar-refractivity contribution in [3.05, 3.63) is 28.0 Å². The highest BCUT2D eigenvalue weighted by Gasteiger charge is 2.18. The Bertz CT molecular complexity index is 555. The lowest BCUT2D eigenvalue weighted by atomic mass is 10.3. The molecule has 7 heteroatoms. The van der Waals surface area contributed by atoms with Crippen LogP contribution < -0.4 is 0 Å². The minimum Gasteiger partial charge on any atom is -0.461 e. The Labute approximate surface area is 105 Å². The first-order valence-electron chi connectivity index (χ1n) is 4.49. The van der Waals surface area contributed by atoms with Gasteiger partial charge in [-0.15, -0.1) is 0 Å². The molecule has 0 aromatic carbocycles. The maximum Gasteiger partial charge on any atom is 0.359 e. The molecule has 2 heterocycles. The minimum atomic E-state index is -0.479. The van der Waals surface area contributed by atoms with Gasteiger partial charge < -0.3 is 4.74 Å². The number of ether oxygens (including phenoxy) is 1. The van der Waals surface area contributed by atoms with Crippen molar-refractivity contribution in [1.29, 1.82) is 0 Å². The highest BCUT2D eigenvalue weighted by atomic mass is 79.9. The summed E-state index contributed by atoms with van der Waals surface area (Å²) in [6, 6.07) is 0. The average Bonchev–Trinajstić information content (AvgIpc) is 2.69. The van der Waals surface area contributed by atoms with E-state index in [4.69, 9.17) is 16.3 Å². The largest absolute Gasteiger partial charge is 0.461 e. The van der Waals surface area contributed by atoms with Crippen LogP contribution in [0.15, 0.2) is 17.0 Å². The molecule has 16 heavy (non-hydrogen) atoms. The molecular weight excluding hydrogens is 297 g/mol. The number of carbonyl (C=O) groups excluding carboxylic acids is 1. The summed E-state index contributed by atoms with van der Waals surface area (Å²) < 4.78 is 7.04. The summed E-state index contributed by atoms with van der Waals surface area (Å²) in [5.74, 6) is -0.479. The van der Waals surface area contributed by atoms with Crippen LogP contribution in [-0.4, -0.2) is 26.9 Å². The number of imidazole rings is 1. The lowest BCUT2D eigenvalue weighted by Crippen LogP contribution is -2.06. The Morgan fingerprint density at radius 2 is 2.38 bits per heavy atom. The number of nitrogens with zero attached hydrogens (tertiary/aromatic N) is 3. The second-order valence-corrected chi connectivity index (χ2v) is 4.10. The van der Waals surface area contributed by atoms with Crippen molar-refractivity contribution < 1.29 is 9.53 Å². The van der Waals surface area contributed by atoms with Gasteiger partial charge >= 0.3 is 5.97 Å². The van der Waals surface area contributed by atoms with Gasteiger partial charge in [0.1, 0.15) is 6.33 Å². The van der Waals surface area contributed by atoms with Gasteiger partial charge in [-0.1, -0.05) is 0 Å². The lowest BCUT2D eigenvalue weighted by molar-refractivity contribution is 0.0522. The second-order valence-electron chi connectivity index (χ2n) is 2.91. The molecule has 0 fully saturated rings. The van der Waals surface area contributed by atoms with Crippen LogP contribution in [0.4, 0.5) is 0 Å². The van der Waals surface area contributed by atoms with Gasteiger partial charge in [0.15, 0.2) is 5.69 Å². The molecule has 0 saturated carbocycles. The van der Waals surface area contributed by atoms with E-state index in [1.54, 1.807) is 6.92 Å². The molecule has 2 rings (SSSR count). The fourth-order valence-corrected chi connectivity index (χ4v) is 1.96. The first-order valence-corrected chi connectivity index (χ1v) is 5.66. The maximum absolute atomic E-state index is 11.6. The first kappa shape index (κ1) is 11.3. The number of hydrogen-bond donors (Lipinski definition) is 0. The van der Waals surface area contributed by atoms with E-state index in [2.05, 4.69) is 25.9 Å². The number of rotatable bonds is 2. The molecular formula is C9H7BrClN3O2. The van der Waals surface area contributed by atoms with Crippen LogP contribution >= 0.6 is 27.5 Å². The zero-order chi connectivity index (χ0) is 11.7. The third-order valence-electron chi connectivity index (χ3n) is 1.95. The van der Waals surface area contributed by atoms with E-state index in [1.807, 2.05) is 0 Å². The number of hydrogen-bond acceptors (Lipinski definition) is 4. The van der Waals surface area contributed by atoms with E-state index in [1.165, 1.54) is 16.9 Å². The van der Waals surface area contributed by atoms with E-state index in [0.717, 1.165) is 0 Å². The van der Waals surface area contributed by atoms with Gasteiger partial charge in [0.2, 0.25) is 5.28 Å². The topological polar surface area (TPSA) is 56.5 Å². The summed E-state index contributed by atoms with van der Waals surface area (Å²) in [6.45, 7) is 2.04. The van der Waals surface area contributed by atoms with Crippen molar-refractivity contribution in [2.45, 2.75) is 6.92 Å². The molecule has 2 aromatic rings. The molecule has 0 radical (unpaired) electrons. The summed E-state index contributed by atoms with van der Waals surface area (Å²) in [5, 5.41) is 0.237. The molecule has 2 aromatic heterocycles. The normalized spacial score (nSPS) is 10.7. The molecule has 0 bridgehead atoms. The van der Waals surface area contributed by atoms with Gasteiger partial charge in [0.05, 0.1) is 16.6 Å². The standard InChI is InChI=1S/C9H7BrClN3O2/c1-2-16-8(15)6-7-5(10)3-12-9(11)14(7)4-13-6/h3-4H,2H2,1H3. The number of aromatic nitrogens is 3. The zero-order valence-corrected chi connectivity index (χ0v) is 10.6. The fourth-order valence-electron chi connectivity index (χ4n) is 1.30. The van der Waals surface area contributed by atoms with Crippen LogP contribution in [0.1, 0.15) is 17.4 Å². The van der Waals surface area contributed by atoms with E-state index in [-0.39, 0.29) is 11.0 Å². The van der Waals surface area contributed by atoms with Crippen molar-refractivity contribution >= 4 is 39.0 Å². The van der Waals surface area contributed by atoms with Crippen molar-refractivity contribution in [2.24, 2.45) is 0 Å².